The van der Waals surface area contributed by atoms with Crippen LogP contribution in [0.15, 0.2) is 109 Å². The zero-order valence-electron chi connectivity index (χ0n) is 21.7. The second-order valence-electron chi connectivity index (χ2n) is 8.99. The summed E-state index contributed by atoms with van der Waals surface area (Å²) in [7, 11) is 0. The highest BCUT2D eigenvalue weighted by Crippen LogP contribution is 2.23. The molecular weight excluding hydrogens is 563 g/mol. The number of hydrogen-bond donors (Lipinski definition) is 3. The summed E-state index contributed by atoms with van der Waals surface area (Å²) >= 11 is 12.3. The molecule has 0 bridgehead atoms. The van der Waals surface area contributed by atoms with Gasteiger partial charge in [0, 0.05) is 15.6 Å². The largest absolute Gasteiger partial charge is 0.480 e. The minimum Gasteiger partial charge on any atom is -0.480 e. The summed E-state index contributed by atoms with van der Waals surface area (Å²) < 4.78 is 5.53. The smallest absolute Gasteiger partial charge is 0.328 e. The number of halogens is 2. The van der Waals surface area contributed by atoms with Gasteiger partial charge in [0.05, 0.1) is 13.2 Å². The van der Waals surface area contributed by atoms with E-state index in [1.165, 1.54) is 12.1 Å². The van der Waals surface area contributed by atoms with E-state index >= 15 is 0 Å². The molecule has 1 unspecified atom stereocenters. The van der Waals surface area contributed by atoms with Gasteiger partial charge in [0.25, 0.3) is 11.8 Å². The number of carbonyl (C=O) groups is 3. The van der Waals surface area contributed by atoms with Gasteiger partial charge in [-0.1, -0.05) is 102 Å². The van der Waals surface area contributed by atoms with Crippen LogP contribution in [-0.4, -0.2) is 35.5 Å². The predicted molar refractivity (Wildman–Crippen MR) is 159 cm³/mol. The van der Waals surface area contributed by atoms with Crippen LogP contribution in [0, 0.1) is 0 Å². The van der Waals surface area contributed by atoms with Gasteiger partial charge >= 0.3 is 5.97 Å². The predicted octanol–water partition coefficient (Wildman–Crippen LogP) is 6.22. The first-order valence-corrected chi connectivity index (χ1v) is 13.3. The van der Waals surface area contributed by atoms with Gasteiger partial charge in [-0.2, -0.15) is 0 Å². The lowest BCUT2D eigenvalue weighted by atomic mass is 10.0. The molecule has 0 radical (unpaired) electrons. The zero-order chi connectivity index (χ0) is 29.2. The van der Waals surface area contributed by atoms with Crippen LogP contribution in [0.25, 0.3) is 17.2 Å². The van der Waals surface area contributed by atoms with Crippen LogP contribution in [0.5, 0.6) is 0 Å². The Hall–Kier alpha value is -4.43. The summed E-state index contributed by atoms with van der Waals surface area (Å²) in [4.78, 5) is 38.4. The summed E-state index contributed by atoms with van der Waals surface area (Å²) in [5, 5.41) is 15.4. The van der Waals surface area contributed by atoms with Crippen molar-refractivity contribution in [2.45, 2.75) is 12.6 Å². The number of nitrogens with one attached hydrogen (secondary N) is 2. The lowest BCUT2D eigenvalue weighted by Gasteiger charge is -2.17. The fraction of sp³-hybridized carbons (Fsp3) is 0.0938. The fourth-order valence-electron chi connectivity index (χ4n) is 3.85. The van der Waals surface area contributed by atoms with Crippen LogP contribution in [-0.2, 0) is 20.9 Å². The van der Waals surface area contributed by atoms with Crippen molar-refractivity contribution >= 4 is 47.1 Å². The van der Waals surface area contributed by atoms with Gasteiger partial charge in [-0.15, -0.1) is 0 Å². The van der Waals surface area contributed by atoms with E-state index in [4.69, 9.17) is 27.9 Å². The number of hydrogen-bond acceptors (Lipinski definition) is 4. The molecule has 4 aromatic carbocycles. The van der Waals surface area contributed by atoms with E-state index < -0.39 is 23.8 Å². The van der Waals surface area contributed by atoms with Crippen molar-refractivity contribution < 1.29 is 24.2 Å². The molecule has 7 nitrogen and oxygen atoms in total. The zero-order valence-corrected chi connectivity index (χ0v) is 23.2. The Morgan fingerprint density at radius 2 is 1.46 bits per heavy atom. The maximum atomic E-state index is 13.3. The third-order valence-electron chi connectivity index (χ3n) is 6.01. The highest BCUT2D eigenvalue weighted by Gasteiger charge is 2.24. The molecule has 0 aromatic heterocycles. The van der Waals surface area contributed by atoms with Crippen molar-refractivity contribution in [1.82, 2.24) is 10.6 Å². The van der Waals surface area contributed by atoms with E-state index in [0.717, 1.165) is 16.7 Å². The van der Waals surface area contributed by atoms with Crippen molar-refractivity contribution in [2.24, 2.45) is 0 Å². The summed E-state index contributed by atoms with van der Waals surface area (Å²) in [6.07, 6.45) is 1.36. The first kappa shape index (κ1) is 29.6. The number of ether oxygens (including phenoxy) is 1. The third-order valence-corrected chi connectivity index (χ3v) is 6.57. The second kappa shape index (κ2) is 14.3. The molecule has 0 spiro atoms. The van der Waals surface area contributed by atoms with E-state index in [-0.39, 0.29) is 23.9 Å². The SMILES string of the molecule is O=C(NC(COCc1ccccc1)C(=O)O)C(=Cc1ccc(Cl)cc1Cl)NC(=O)c1ccc(-c2ccccc2)cc1. The molecule has 4 aromatic rings. The Balaban J connectivity index is 1.52. The number of carbonyl (C=O) groups excluding carboxylic acids is 2. The minimum atomic E-state index is -1.38. The topological polar surface area (TPSA) is 105 Å². The number of carboxylic acid groups (broad SMARTS) is 1. The van der Waals surface area contributed by atoms with Crippen LogP contribution < -0.4 is 10.6 Å². The first-order valence-electron chi connectivity index (χ1n) is 12.6. The molecule has 1 atom stereocenters. The third kappa shape index (κ3) is 8.53. The maximum Gasteiger partial charge on any atom is 0.328 e. The molecule has 9 heteroatoms. The molecule has 41 heavy (non-hydrogen) atoms. The van der Waals surface area contributed by atoms with Crippen molar-refractivity contribution in [3.8, 4) is 11.1 Å². The highest BCUT2D eigenvalue weighted by atomic mass is 35.5. The first-order chi connectivity index (χ1) is 19.8. The number of aliphatic carboxylic acids is 1. The molecule has 208 valence electrons. The molecule has 0 saturated heterocycles. The molecule has 3 N–H and O–H groups in total. The van der Waals surface area contributed by atoms with Gasteiger partial charge in [0.1, 0.15) is 5.70 Å². The standard InChI is InChI=1S/C32H26Cl2N2O5/c33-26-16-15-25(27(34)18-26)17-28(31(38)36-29(32(39)40)20-41-19-21-7-3-1-4-8-21)35-30(37)24-13-11-23(12-14-24)22-9-5-2-6-10-22/h1-18,29H,19-20H2,(H,35,37)(H,36,38)(H,39,40). The lowest BCUT2D eigenvalue weighted by molar-refractivity contribution is -0.143. The molecule has 2 amide bonds. The van der Waals surface area contributed by atoms with E-state index in [0.29, 0.717) is 16.1 Å². The van der Waals surface area contributed by atoms with Crippen LogP contribution in [0.4, 0.5) is 0 Å². The van der Waals surface area contributed by atoms with Gasteiger partial charge in [-0.05, 0) is 52.6 Å². The quantitative estimate of drug-likeness (QED) is 0.180. The minimum absolute atomic E-state index is 0.166. The molecule has 0 aliphatic carbocycles. The van der Waals surface area contributed by atoms with Crippen LogP contribution in [0.2, 0.25) is 10.0 Å². The monoisotopic (exact) mass is 588 g/mol. The number of amides is 2. The summed E-state index contributed by atoms with van der Waals surface area (Å²) in [5.41, 5.74) is 3.25. The number of rotatable bonds is 11. The summed E-state index contributed by atoms with van der Waals surface area (Å²) in [6, 6.07) is 29.0. The molecule has 4 rings (SSSR count). The fourth-order valence-corrected chi connectivity index (χ4v) is 4.31. The average Bonchev–Trinajstić information content (AvgIpc) is 2.98. The maximum absolute atomic E-state index is 13.3. The van der Waals surface area contributed by atoms with Crippen molar-refractivity contribution in [3.63, 3.8) is 0 Å². The summed E-state index contributed by atoms with van der Waals surface area (Å²) in [6.45, 7) is -0.126. The van der Waals surface area contributed by atoms with Gasteiger partial charge in [0.2, 0.25) is 0 Å². The Morgan fingerprint density at radius 1 is 0.829 bits per heavy atom. The van der Waals surface area contributed by atoms with Crippen molar-refractivity contribution in [2.75, 3.05) is 6.61 Å². The molecular formula is C32H26Cl2N2O5. The van der Waals surface area contributed by atoms with E-state index in [1.807, 2.05) is 60.7 Å². The number of benzene rings is 4. The number of carboxylic acids is 1. The molecule has 0 aliphatic heterocycles. The average molecular weight is 589 g/mol. The lowest BCUT2D eigenvalue weighted by Crippen LogP contribution is -2.46. The van der Waals surface area contributed by atoms with Crippen LogP contribution in [0.1, 0.15) is 21.5 Å². The van der Waals surface area contributed by atoms with Gasteiger partial charge in [-0.3, -0.25) is 9.59 Å². The van der Waals surface area contributed by atoms with Gasteiger partial charge in [-0.25, -0.2) is 4.79 Å². The van der Waals surface area contributed by atoms with Gasteiger partial charge < -0.3 is 20.5 Å². The second-order valence-corrected chi connectivity index (χ2v) is 9.83. The highest BCUT2D eigenvalue weighted by molar-refractivity contribution is 6.35. The van der Waals surface area contributed by atoms with E-state index in [2.05, 4.69) is 10.6 Å². The van der Waals surface area contributed by atoms with Crippen LogP contribution in [0.3, 0.4) is 0 Å². The van der Waals surface area contributed by atoms with E-state index in [1.54, 1.807) is 36.4 Å². The Labute approximate surface area is 247 Å². The normalized spacial score (nSPS) is 11.9. The van der Waals surface area contributed by atoms with Gasteiger partial charge in [0.15, 0.2) is 6.04 Å². The molecule has 0 heterocycles. The van der Waals surface area contributed by atoms with Crippen molar-refractivity contribution in [1.29, 1.82) is 0 Å². The molecule has 0 aliphatic rings. The van der Waals surface area contributed by atoms with Crippen molar-refractivity contribution in [3.05, 3.63) is 136 Å². The van der Waals surface area contributed by atoms with E-state index in [9.17, 15) is 19.5 Å². The Bertz CT molecular complexity index is 1540. The molecule has 0 saturated carbocycles. The molecule has 0 fully saturated rings. The van der Waals surface area contributed by atoms with Crippen LogP contribution >= 0.6 is 23.2 Å². The Morgan fingerprint density at radius 3 is 2.10 bits per heavy atom. The summed E-state index contributed by atoms with van der Waals surface area (Å²) in [5.74, 6) is -2.69. The Kier molecular flexibility index (Phi) is 10.3.